The molecule has 1 aromatic rings. The molecule has 0 bridgehead atoms. The van der Waals surface area contributed by atoms with Crippen molar-refractivity contribution in [2.45, 2.75) is 19.4 Å². The van der Waals surface area contributed by atoms with Gasteiger partial charge in [-0.05, 0) is 40.0 Å². The molecule has 0 spiro atoms. The number of benzene rings is 1. The third kappa shape index (κ3) is 3.12. The van der Waals surface area contributed by atoms with Gasteiger partial charge < -0.3 is 14.7 Å². The first-order valence-electron chi connectivity index (χ1n) is 6.40. The summed E-state index contributed by atoms with van der Waals surface area (Å²) >= 11 is 3.17. The maximum absolute atomic E-state index is 12.9. The van der Waals surface area contributed by atoms with E-state index in [0.29, 0.717) is 23.3 Å². The quantitative estimate of drug-likeness (QED) is 0.909. The second-order valence-electron chi connectivity index (χ2n) is 5.37. The zero-order chi connectivity index (χ0) is 14.9. The molecule has 2 rings (SSSR count). The minimum atomic E-state index is -0.786. The average molecular weight is 346 g/mol. The predicted molar refractivity (Wildman–Crippen MR) is 76.0 cm³/mol. The van der Waals surface area contributed by atoms with Gasteiger partial charge in [0.2, 0.25) is 0 Å². The Hall–Kier alpha value is -1.14. The van der Waals surface area contributed by atoms with Crippen molar-refractivity contribution in [1.29, 1.82) is 0 Å². The minimum Gasteiger partial charge on any atom is -0.483 e. The van der Waals surface area contributed by atoms with Gasteiger partial charge >= 0.3 is 0 Å². The summed E-state index contributed by atoms with van der Waals surface area (Å²) in [6, 6.07) is 4.01. The number of aliphatic hydroxyl groups is 1. The first kappa shape index (κ1) is 15.3. The van der Waals surface area contributed by atoms with Gasteiger partial charge in [-0.1, -0.05) is 13.8 Å². The van der Waals surface area contributed by atoms with Crippen molar-refractivity contribution >= 4 is 21.8 Å². The first-order chi connectivity index (χ1) is 9.32. The summed E-state index contributed by atoms with van der Waals surface area (Å²) in [6.07, 6.45) is 0. The van der Waals surface area contributed by atoms with Crippen LogP contribution in [0.1, 0.15) is 13.8 Å². The Bertz CT molecular complexity index is 515. The van der Waals surface area contributed by atoms with E-state index in [1.165, 1.54) is 18.2 Å². The highest BCUT2D eigenvalue weighted by atomic mass is 79.9. The van der Waals surface area contributed by atoms with E-state index in [1.807, 2.05) is 13.8 Å². The molecule has 0 radical (unpaired) electrons. The van der Waals surface area contributed by atoms with Gasteiger partial charge in [-0.25, -0.2) is 4.39 Å². The second-order valence-corrected chi connectivity index (χ2v) is 6.23. The van der Waals surface area contributed by atoms with Crippen molar-refractivity contribution in [2.75, 3.05) is 19.7 Å². The maximum Gasteiger partial charge on any atom is 0.260 e. The molecule has 6 heteroatoms. The van der Waals surface area contributed by atoms with Crippen molar-refractivity contribution in [1.82, 2.24) is 4.90 Å². The zero-order valence-corrected chi connectivity index (χ0v) is 13.0. The molecule has 0 unspecified atom stereocenters. The van der Waals surface area contributed by atoms with Crippen LogP contribution < -0.4 is 4.74 Å². The summed E-state index contributed by atoms with van der Waals surface area (Å²) in [7, 11) is 0. The van der Waals surface area contributed by atoms with E-state index in [4.69, 9.17) is 4.74 Å². The SMILES string of the molecule is CC(C)C1(O)CN(C(=O)COc2ccc(F)cc2Br)C1. The van der Waals surface area contributed by atoms with Crippen LogP contribution in [0.5, 0.6) is 5.75 Å². The van der Waals surface area contributed by atoms with Crippen LogP contribution in [0.25, 0.3) is 0 Å². The van der Waals surface area contributed by atoms with Gasteiger partial charge in [0.05, 0.1) is 17.6 Å². The van der Waals surface area contributed by atoms with E-state index in [9.17, 15) is 14.3 Å². The third-order valence-corrected chi connectivity index (χ3v) is 4.22. The fraction of sp³-hybridized carbons (Fsp3) is 0.500. The molecule has 1 fully saturated rings. The van der Waals surface area contributed by atoms with Crippen molar-refractivity contribution in [3.05, 3.63) is 28.5 Å². The van der Waals surface area contributed by atoms with Gasteiger partial charge in [0, 0.05) is 0 Å². The predicted octanol–water partition coefficient (Wildman–Crippen LogP) is 2.20. The molecule has 0 saturated carbocycles. The number of halogens is 2. The Labute approximate surface area is 125 Å². The van der Waals surface area contributed by atoms with Crippen molar-refractivity contribution < 1.29 is 19.0 Å². The smallest absolute Gasteiger partial charge is 0.260 e. The molecule has 1 N–H and O–H groups in total. The number of carbonyl (C=O) groups is 1. The van der Waals surface area contributed by atoms with E-state index in [1.54, 1.807) is 4.90 Å². The molecule has 1 heterocycles. The summed E-state index contributed by atoms with van der Waals surface area (Å²) in [6.45, 7) is 4.38. The summed E-state index contributed by atoms with van der Waals surface area (Å²) in [5, 5.41) is 10.1. The molecule has 1 aromatic carbocycles. The molecule has 1 amide bonds. The Balaban J connectivity index is 1.85. The van der Waals surface area contributed by atoms with Crippen LogP contribution in [0.3, 0.4) is 0 Å². The number of amides is 1. The molecule has 1 aliphatic rings. The summed E-state index contributed by atoms with van der Waals surface area (Å²) in [5.41, 5.74) is -0.786. The normalized spacial score (nSPS) is 17.0. The van der Waals surface area contributed by atoms with Gasteiger partial charge in [-0.15, -0.1) is 0 Å². The Morgan fingerprint density at radius 3 is 2.75 bits per heavy atom. The molecule has 0 aromatic heterocycles. The molecular weight excluding hydrogens is 329 g/mol. The average Bonchev–Trinajstić information content (AvgIpc) is 2.33. The van der Waals surface area contributed by atoms with E-state index in [-0.39, 0.29) is 24.2 Å². The highest BCUT2D eigenvalue weighted by molar-refractivity contribution is 9.10. The van der Waals surface area contributed by atoms with Crippen LogP contribution >= 0.6 is 15.9 Å². The Morgan fingerprint density at radius 1 is 1.55 bits per heavy atom. The second kappa shape index (κ2) is 5.69. The summed E-state index contributed by atoms with van der Waals surface area (Å²) in [4.78, 5) is 13.4. The number of rotatable bonds is 4. The lowest BCUT2D eigenvalue weighted by atomic mass is 9.83. The molecule has 0 aliphatic carbocycles. The van der Waals surface area contributed by atoms with Gasteiger partial charge in [0.15, 0.2) is 6.61 Å². The number of ether oxygens (including phenoxy) is 1. The lowest BCUT2D eigenvalue weighted by Gasteiger charge is -2.48. The van der Waals surface area contributed by atoms with Gasteiger partial charge in [-0.2, -0.15) is 0 Å². The number of hydrogen-bond donors (Lipinski definition) is 1. The summed E-state index contributed by atoms with van der Waals surface area (Å²) < 4.78 is 18.7. The van der Waals surface area contributed by atoms with Crippen molar-refractivity contribution in [2.24, 2.45) is 5.92 Å². The number of likely N-dealkylation sites (tertiary alicyclic amines) is 1. The molecule has 1 saturated heterocycles. The van der Waals surface area contributed by atoms with Crippen LogP contribution in [0, 0.1) is 11.7 Å². The fourth-order valence-corrected chi connectivity index (χ4v) is 2.44. The Kier molecular flexibility index (Phi) is 4.34. The topological polar surface area (TPSA) is 49.8 Å². The maximum atomic E-state index is 12.9. The number of hydrogen-bond acceptors (Lipinski definition) is 3. The Morgan fingerprint density at radius 2 is 2.20 bits per heavy atom. The standard InChI is InChI=1S/C14H17BrFNO3/c1-9(2)14(19)7-17(8-14)13(18)6-20-12-4-3-10(16)5-11(12)15/h3-5,9,19H,6-8H2,1-2H3. The van der Waals surface area contributed by atoms with Gasteiger partial charge in [0.1, 0.15) is 17.2 Å². The molecule has 0 atom stereocenters. The molecule has 4 nitrogen and oxygen atoms in total. The van der Waals surface area contributed by atoms with E-state index in [2.05, 4.69) is 15.9 Å². The van der Waals surface area contributed by atoms with Gasteiger partial charge in [0.25, 0.3) is 5.91 Å². The van der Waals surface area contributed by atoms with Crippen LogP contribution in [-0.2, 0) is 4.79 Å². The molecule has 110 valence electrons. The van der Waals surface area contributed by atoms with Crippen molar-refractivity contribution in [3.63, 3.8) is 0 Å². The van der Waals surface area contributed by atoms with Crippen LogP contribution in [0.15, 0.2) is 22.7 Å². The molecule has 1 aliphatic heterocycles. The minimum absolute atomic E-state index is 0.110. The third-order valence-electron chi connectivity index (χ3n) is 3.60. The van der Waals surface area contributed by atoms with Crippen LogP contribution in [0.2, 0.25) is 0 Å². The number of nitrogens with zero attached hydrogens (tertiary/aromatic N) is 1. The summed E-state index contributed by atoms with van der Waals surface area (Å²) in [5.74, 6) is -0.0371. The van der Waals surface area contributed by atoms with E-state index < -0.39 is 5.60 Å². The zero-order valence-electron chi connectivity index (χ0n) is 11.4. The highest BCUT2D eigenvalue weighted by Gasteiger charge is 2.45. The number of β-amino-alcohol motifs (C(OH)–C–C–N with tert-alkyl or cyclic N) is 1. The first-order valence-corrected chi connectivity index (χ1v) is 7.19. The fourth-order valence-electron chi connectivity index (χ4n) is 1.98. The molecular formula is C14H17BrFNO3. The lowest BCUT2D eigenvalue weighted by molar-refractivity contribution is -0.165. The van der Waals surface area contributed by atoms with E-state index in [0.717, 1.165) is 0 Å². The van der Waals surface area contributed by atoms with Crippen LogP contribution in [-0.4, -0.2) is 41.2 Å². The monoisotopic (exact) mass is 345 g/mol. The largest absolute Gasteiger partial charge is 0.483 e. The lowest BCUT2D eigenvalue weighted by Crippen LogP contribution is -2.66. The van der Waals surface area contributed by atoms with Crippen molar-refractivity contribution in [3.8, 4) is 5.75 Å². The highest BCUT2D eigenvalue weighted by Crippen LogP contribution is 2.29. The molecule has 20 heavy (non-hydrogen) atoms. The number of carbonyl (C=O) groups excluding carboxylic acids is 1. The van der Waals surface area contributed by atoms with Gasteiger partial charge in [-0.3, -0.25) is 4.79 Å². The van der Waals surface area contributed by atoms with E-state index >= 15 is 0 Å². The van der Waals surface area contributed by atoms with Crippen LogP contribution in [0.4, 0.5) is 4.39 Å².